The first-order chi connectivity index (χ1) is 20.7. The summed E-state index contributed by atoms with van der Waals surface area (Å²) in [4.78, 5) is 44.2. The normalized spacial score (nSPS) is 28.5. The maximum absolute atomic E-state index is 15.9. The van der Waals surface area contributed by atoms with Crippen molar-refractivity contribution in [2.75, 3.05) is 31.3 Å². The van der Waals surface area contributed by atoms with Crippen molar-refractivity contribution in [2.24, 2.45) is 0 Å². The first kappa shape index (κ1) is 31.3. The molecule has 19 nitrogen and oxygen atoms in total. The number of anilines is 2. The van der Waals surface area contributed by atoms with E-state index in [2.05, 4.69) is 54.4 Å². The predicted octanol–water partition coefficient (Wildman–Crippen LogP) is 1.31. The van der Waals surface area contributed by atoms with Crippen LogP contribution < -0.4 is 17.0 Å². The number of imidazole rings is 2. The molecule has 2 fully saturated rings. The Morgan fingerprint density at radius 2 is 1.86 bits per heavy atom. The van der Waals surface area contributed by atoms with Gasteiger partial charge >= 0.3 is 13.6 Å². The van der Waals surface area contributed by atoms with E-state index in [1.165, 1.54) is 28.1 Å². The van der Waals surface area contributed by atoms with Crippen LogP contribution in [0.4, 0.5) is 16.2 Å². The maximum Gasteiger partial charge on any atom is 0.386 e. The SMILES string of the molecule is Nc1nc2c(ncn2[C@@H]2O[C@H](COP(=O)(O)S)C[C@@H]2OP(=O)(S)OC[C@@H]2C[C@](F)(n3cnc4c(N)ncnc43)CO2)c(=O)[nH]1. The molecule has 2 aliphatic heterocycles. The number of rotatable bonds is 10. The molecule has 7 atom stereocenters. The Hall–Kier alpha value is -2.65. The fourth-order valence-corrected chi connectivity index (χ4v) is 7.06. The van der Waals surface area contributed by atoms with Crippen LogP contribution >= 0.6 is 38.1 Å². The number of aromatic amines is 1. The molecule has 4 aromatic rings. The number of halogens is 1. The van der Waals surface area contributed by atoms with E-state index >= 15 is 4.39 Å². The number of nitrogen functional groups attached to an aromatic ring is 2. The van der Waals surface area contributed by atoms with Gasteiger partial charge in [-0.05, 0) is 0 Å². The van der Waals surface area contributed by atoms with Crippen molar-refractivity contribution in [3.05, 3.63) is 29.3 Å². The molecule has 44 heavy (non-hydrogen) atoms. The van der Waals surface area contributed by atoms with E-state index in [1.807, 2.05) is 0 Å². The Morgan fingerprint density at radius 1 is 1.11 bits per heavy atom. The van der Waals surface area contributed by atoms with Crippen LogP contribution in [0, 0.1) is 0 Å². The number of nitrogens with zero attached hydrogens (tertiary/aromatic N) is 7. The van der Waals surface area contributed by atoms with Crippen molar-refractivity contribution in [1.82, 2.24) is 39.0 Å². The van der Waals surface area contributed by atoms with E-state index < -0.39 is 49.5 Å². The summed E-state index contributed by atoms with van der Waals surface area (Å²) in [5.41, 5.74) is 11.3. The van der Waals surface area contributed by atoms with Gasteiger partial charge in [0.15, 0.2) is 28.9 Å². The van der Waals surface area contributed by atoms with Gasteiger partial charge in [0.2, 0.25) is 11.7 Å². The molecule has 6 rings (SSSR count). The topological polar surface area (TPSA) is 260 Å². The van der Waals surface area contributed by atoms with Crippen LogP contribution in [0.2, 0.25) is 0 Å². The summed E-state index contributed by atoms with van der Waals surface area (Å²) in [5.74, 6) is -2.16. The number of fused-ring (bicyclic) bond motifs is 2. The summed E-state index contributed by atoms with van der Waals surface area (Å²) < 4.78 is 71.0. The molecule has 238 valence electrons. The van der Waals surface area contributed by atoms with Crippen LogP contribution in [0.25, 0.3) is 22.3 Å². The minimum absolute atomic E-state index is 0.0288. The molecule has 2 aliphatic rings. The second-order valence-corrected chi connectivity index (χ2v) is 15.6. The Labute approximate surface area is 256 Å². The molecule has 0 radical (unpaired) electrons. The Morgan fingerprint density at radius 3 is 2.64 bits per heavy atom. The molecule has 6 heterocycles. The van der Waals surface area contributed by atoms with Gasteiger partial charge in [-0.2, -0.15) is 4.98 Å². The zero-order valence-electron chi connectivity index (χ0n) is 22.2. The maximum atomic E-state index is 15.9. The van der Waals surface area contributed by atoms with Crippen LogP contribution in [0.1, 0.15) is 19.1 Å². The van der Waals surface area contributed by atoms with Gasteiger partial charge in [-0.15, -0.1) is 0 Å². The lowest BCUT2D eigenvalue weighted by Gasteiger charge is -2.24. The number of hydrogen-bond acceptors (Lipinski definition) is 15. The summed E-state index contributed by atoms with van der Waals surface area (Å²) in [6.45, 7) is -9.48. The molecule has 0 bridgehead atoms. The third-order valence-corrected chi connectivity index (χ3v) is 9.34. The first-order valence-corrected chi connectivity index (χ1v) is 18.1. The number of H-pyrrole nitrogens is 1. The number of nitrogens with one attached hydrogen (secondary N) is 1. The van der Waals surface area contributed by atoms with E-state index in [1.54, 1.807) is 0 Å². The quantitative estimate of drug-likeness (QED) is 0.101. The van der Waals surface area contributed by atoms with Crippen LogP contribution in [0.3, 0.4) is 0 Å². The van der Waals surface area contributed by atoms with Gasteiger partial charge in [0.25, 0.3) is 5.56 Å². The molecule has 6 N–H and O–H groups in total. The molecule has 2 unspecified atom stereocenters. The van der Waals surface area contributed by atoms with Gasteiger partial charge in [0.1, 0.15) is 24.6 Å². The number of ether oxygens (including phenoxy) is 2. The number of thiol groups is 2. The minimum atomic E-state index is -4.19. The van der Waals surface area contributed by atoms with E-state index in [4.69, 9.17) is 34.5 Å². The highest BCUT2D eigenvalue weighted by Gasteiger charge is 2.46. The zero-order chi connectivity index (χ0) is 31.4. The van der Waals surface area contributed by atoms with Gasteiger partial charge < -0.3 is 25.8 Å². The zero-order valence-corrected chi connectivity index (χ0v) is 25.8. The van der Waals surface area contributed by atoms with E-state index in [-0.39, 0.29) is 66.8 Å². The van der Waals surface area contributed by atoms with Crippen molar-refractivity contribution < 1.29 is 41.5 Å². The van der Waals surface area contributed by atoms with Crippen molar-refractivity contribution in [2.45, 2.75) is 43.2 Å². The van der Waals surface area contributed by atoms with Gasteiger partial charge in [-0.25, -0.2) is 33.5 Å². The van der Waals surface area contributed by atoms with Gasteiger partial charge in [0, 0.05) is 12.8 Å². The fraction of sp³-hybridized carbons (Fsp3) is 0.500. The Balaban J connectivity index is 1.16. The summed E-state index contributed by atoms with van der Waals surface area (Å²) in [5, 5.41) is 0. The fourth-order valence-electron chi connectivity index (χ4n) is 4.98. The number of hydrogen-bond donors (Lipinski definition) is 6. The predicted molar refractivity (Wildman–Crippen MR) is 156 cm³/mol. The molecule has 0 spiro atoms. The van der Waals surface area contributed by atoms with Crippen LogP contribution in [-0.4, -0.2) is 82.1 Å². The first-order valence-electron chi connectivity index (χ1n) is 12.7. The molecular formula is C20H25FN10O9P2S2. The van der Waals surface area contributed by atoms with Crippen molar-refractivity contribution >= 4 is 72.2 Å². The van der Waals surface area contributed by atoms with Gasteiger partial charge in [0.05, 0.1) is 38.1 Å². The Kier molecular flexibility index (Phi) is 8.27. The molecular weight excluding hydrogens is 669 g/mol. The van der Waals surface area contributed by atoms with Crippen molar-refractivity contribution in [3.63, 3.8) is 0 Å². The number of alkyl halides is 1. The molecule has 0 aliphatic carbocycles. The van der Waals surface area contributed by atoms with Crippen LogP contribution in [0.5, 0.6) is 0 Å². The average molecular weight is 695 g/mol. The highest BCUT2D eigenvalue weighted by molar-refractivity contribution is 8.44. The second-order valence-electron chi connectivity index (χ2n) is 9.95. The summed E-state index contributed by atoms with van der Waals surface area (Å²) in [6.07, 6.45) is -0.506. The lowest BCUT2D eigenvalue weighted by molar-refractivity contribution is -0.0431. The Bertz CT molecular complexity index is 1870. The lowest BCUT2D eigenvalue weighted by Crippen LogP contribution is -2.29. The van der Waals surface area contributed by atoms with Crippen LogP contribution in [0.15, 0.2) is 23.8 Å². The van der Waals surface area contributed by atoms with Gasteiger partial charge in [-0.1, -0.05) is 24.5 Å². The number of nitrogens with two attached hydrogens (primary N) is 2. The monoisotopic (exact) mass is 694 g/mol. The lowest BCUT2D eigenvalue weighted by atomic mass is 10.1. The molecule has 24 heteroatoms. The van der Waals surface area contributed by atoms with E-state index in [0.29, 0.717) is 0 Å². The van der Waals surface area contributed by atoms with Crippen LogP contribution in [-0.2, 0) is 38.0 Å². The summed E-state index contributed by atoms with van der Waals surface area (Å²) in [7, 11) is 0. The molecule has 0 aromatic carbocycles. The summed E-state index contributed by atoms with van der Waals surface area (Å²) in [6, 6.07) is 0. The number of aromatic nitrogens is 8. The third kappa shape index (κ3) is 6.37. The molecule has 0 amide bonds. The highest BCUT2D eigenvalue weighted by Crippen LogP contribution is 2.57. The smallest absolute Gasteiger partial charge is 0.382 e. The van der Waals surface area contributed by atoms with Crippen molar-refractivity contribution in [1.29, 1.82) is 0 Å². The van der Waals surface area contributed by atoms with E-state index in [9.17, 15) is 18.8 Å². The molecule has 0 saturated carbocycles. The second kappa shape index (κ2) is 11.6. The average Bonchev–Trinajstić information content (AvgIpc) is 3.71. The third-order valence-electron chi connectivity index (χ3n) is 6.86. The van der Waals surface area contributed by atoms with Gasteiger partial charge in [-0.3, -0.25) is 32.5 Å². The van der Waals surface area contributed by atoms with E-state index in [0.717, 1.165) is 0 Å². The summed E-state index contributed by atoms with van der Waals surface area (Å²) >= 11 is 7.57. The highest BCUT2D eigenvalue weighted by atomic mass is 32.7. The molecule has 2 saturated heterocycles. The van der Waals surface area contributed by atoms with Crippen molar-refractivity contribution in [3.8, 4) is 0 Å². The largest absolute Gasteiger partial charge is 0.386 e. The standard InChI is InChI=1S/C20H25FN10O9P2S2/c21-20(31-8-27-12-14(22)24-6-25-15(12)31)2-10(36-5-20)4-38-42(35,44)40-11-1-9(3-37-41(33,34)43)39-18(11)30-7-26-13-16(30)28-19(23)29-17(13)32/h6-11,18H,1-5H2,(H,35,44)(H2,22,24,25)(H2,33,34,43)(H3,23,28,29,32)/t9-,10-,11-,18+,20-,42?/m0/s1. The minimum Gasteiger partial charge on any atom is -0.382 e. The molecule has 4 aromatic heterocycles.